The van der Waals surface area contributed by atoms with Crippen LogP contribution < -0.4 is 0 Å². The molecule has 0 aliphatic carbocycles. The van der Waals surface area contributed by atoms with Gasteiger partial charge in [-0.25, -0.2) is 0 Å². The molecule has 102 valence electrons. The molecule has 0 spiro atoms. The van der Waals surface area contributed by atoms with Crippen LogP contribution in [0.5, 0.6) is 0 Å². The molecule has 0 saturated carbocycles. The summed E-state index contributed by atoms with van der Waals surface area (Å²) in [4.78, 5) is 0. The summed E-state index contributed by atoms with van der Waals surface area (Å²) in [6.07, 6.45) is 0. The molecule has 1 rings (SSSR count). The lowest BCUT2D eigenvalue weighted by Crippen LogP contribution is -2.14. The van der Waals surface area contributed by atoms with Crippen molar-refractivity contribution in [2.75, 3.05) is 7.11 Å². The van der Waals surface area contributed by atoms with Gasteiger partial charge in [-0.15, -0.1) is 13.4 Å². The van der Waals surface area contributed by atoms with E-state index in [1.165, 1.54) is 0 Å². The van der Waals surface area contributed by atoms with Gasteiger partial charge in [0.2, 0.25) is 0 Å². The quantitative estimate of drug-likeness (QED) is 0.346. The van der Waals surface area contributed by atoms with Crippen LogP contribution in [-0.2, 0) is 4.52 Å². The van der Waals surface area contributed by atoms with Gasteiger partial charge in [-0.2, -0.15) is 21.3 Å². The topological polar surface area (TPSA) is 31.3 Å². The van der Waals surface area contributed by atoms with Gasteiger partial charge in [0.1, 0.15) is 0 Å². The Hall–Kier alpha value is 0.870. The minimum atomic E-state index is -5.34. The van der Waals surface area contributed by atoms with Crippen LogP contribution in [0.3, 0.4) is 0 Å². The SMILES string of the molecule is COP1(F)=NP(F)N(F)P(F)N(F)P(F)N1F. The highest BCUT2D eigenvalue weighted by atomic mass is 31.3. The highest BCUT2D eigenvalue weighted by Gasteiger charge is 2.52. The summed E-state index contributed by atoms with van der Waals surface area (Å²) in [6, 6.07) is 0. The fraction of sp³-hybridized carbons (Fsp3) is 1.00. The van der Waals surface area contributed by atoms with Gasteiger partial charge < -0.3 is 4.52 Å². The number of halogens is 7. The van der Waals surface area contributed by atoms with Crippen LogP contribution in [0.1, 0.15) is 0 Å². The standard InChI is InChI=1S/CH3F7N4OP4/c1-13-17(8)9-14(5)10(2)15(6)11(3)16(7)12(17)4/h1H3. The predicted octanol–water partition coefficient (Wildman–Crippen LogP) is 5.71. The molecule has 16 heteroatoms. The van der Waals surface area contributed by atoms with E-state index in [0.717, 1.165) is 0 Å². The van der Waals surface area contributed by atoms with E-state index in [-0.39, 0.29) is 0 Å². The zero-order valence-corrected chi connectivity index (χ0v) is 11.2. The molecule has 0 bridgehead atoms. The van der Waals surface area contributed by atoms with Crippen LogP contribution in [0, 0.1) is 0 Å². The molecule has 1 aliphatic heterocycles. The Morgan fingerprint density at radius 1 is 1.06 bits per heavy atom. The van der Waals surface area contributed by atoms with Crippen molar-refractivity contribution in [3.8, 4) is 0 Å². The summed E-state index contributed by atoms with van der Waals surface area (Å²) in [5.74, 6) is 0. The largest absolute Gasteiger partial charge is 0.371 e. The Labute approximate surface area is 94.5 Å². The Balaban J connectivity index is 3.23. The van der Waals surface area contributed by atoms with Gasteiger partial charge >= 0.3 is 33.3 Å². The second-order valence-corrected chi connectivity index (χ2v) is 8.71. The molecule has 0 saturated heterocycles. The lowest BCUT2D eigenvalue weighted by atomic mass is 11.8. The van der Waals surface area contributed by atoms with Gasteiger partial charge in [0.05, 0.1) is 0 Å². The molecular weight excluding hydrogens is 341 g/mol. The van der Waals surface area contributed by atoms with Crippen molar-refractivity contribution in [1.82, 2.24) is 14.0 Å². The van der Waals surface area contributed by atoms with Gasteiger partial charge in [0, 0.05) is 11.8 Å². The van der Waals surface area contributed by atoms with Crippen molar-refractivity contribution in [3.63, 3.8) is 0 Å². The minimum absolute atomic E-state index is 0.501. The second-order valence-electron chi connectivity index (χ2n) is 2.19. The van der Waals surface area contributed by atoms with Gasteiger partial charge in [-0.3, -0.25) is 0 Å². The average molecular weight is 344 g/mol. The number of hydrogen-bond donors (Lipinski definition) is 0. The van der Waals surface area contributed by atoms with Crippen LogP contribution in [-0.4, -0.2) is 21.1 Å². The predicted molar refractivity (Wildman–Crippen MR) is 50.4 cm³/mol. The van der Waals surface area contributed by atoms with E-state index in [4.69, 9.17) is 0 Å². The number of nitrogens with zero attached hydrogens (tertiary/aromatic N) is 4. The Bertz CT molecular complexity index is 333. The van der Waals surface area contributed by atoms with E-state index in [1.54, 1.807) is 0 Å². The van der Waals surface area contributed by atoms with E-state index in [1.807, 2.05) is 0 Å². The Kier molecular flexibility index (Phi) is 5.51. The third kappa shape index (κ3) is 3.07. The molecule has 0 N–H and O–H groups in total. The molecule has 1 aliphatic rings. The summed E-state index contributed by atoms with van der Waals surface area (Å²) < 4.78 is 92.0. The lowest BCUT2D eigenvalue weighted by Gasteiger charge is -2.29. The second kappa shape index (κ2) is 5.88. The monoisotopic (exact) mass is 344 g/mol. The Morgan fingerprint density at radius 3 is 2.06 bits per heavy atom. The molecule has 4 atom stereocenters. The van der Waals surface area contributed by atoms with Crippen molar-refractivity contribution < 1.29 is 34.8 Å². The molecule has 0 amide bonds. The first kappa shape index (κ1) is 15.9. The molecule has 0 fully saturated rings. The summed E-state index contributed by atoms with van der Waals surface area (Å²) in [5, 5.41) is 0. The number of hydrogen-bond acceptors (Lipinski definition) is 5. The summed E-state index contributed by atoms with van der Waals surface area (Å²) >= 11 is 0. The molecule has 1 heterocycles. The maximum atomic E-state index is 13.4. The lowest BCUT2D eigenvalue weighted by molar-refractivity contribution is 0.153. The van der Waals surface area contributed by atoms with E-state index >= 15 is 0 Å². The zero-order chi connectivity index (χ0) is 13.4. The summed E-state index contributed by atoms with van der Waals surface area (Å²) in [7, 11) is -17.4. The first-order chi connectivity index (χ1) is 7.74. The van der Waals surface area contributed by atoms with Crippen molar-refractivity contribution in [2.45, 2.75) is 0 Å². The molecule has 0 aromatic rings. The van der Waals surface area contributed by atoms with Crippen LogP contribution in [0.25, 0.3) is 0 Å². The van der Waals surface area contributed by atoms with Crippen molar-refractivity contribution in [2.24, 2.45) is 4.52 Å². The van der Waals surface area contributed by atoms with Crippen LogP contribution >= 0.6 is 33.3 Å². The molecule has 17 heavy (non-hydrogen) atoms. The zero-order valence-electron chi connectivity index (χ0n) is 7.63. The smallest absolute Gasteiger partial charge is 0.310 e. The first-order valence-corrected chi connectivity index (χ1v) is 8.29. The molecule has 0 aromatic heterocycles. The van der Waals surface area contributed by atoms with Crippen molar-refractivity contribution in [3.05, 3.63) is 0 Å². The maximum absolute atomic E-state index is 13.4. The van der Waals surface area contributed by atoms with E-state index in [2.05, 4.69) is 9.04 Å². The maximum Gasteiger partial charge on any atom is 0.371 e. The average Bonchev–Trinajstić information content (AvgIpc) is 2.32. The fourth-order valence-corrected chi connectivity index (χ4v) is 6.31. The molecule has 0 radical (unpaired) electrons. The molecule has 4 unspecified atom stereocenters. The highest BCUT2D eigenvalue weighted by molar-refractivity contribution is 7.77. The van der Waals surface area contributed by atoms with E-state index < -0.39 is 47.3 Å². The van der Waals surface area contributed by atoms with Crippen LogP contribution in [0.15, 0.2) is 4.52 Å². The van der Waals surface area contributed by atoms with Crippen molar-refractivity contribution in [1.29, 1.82) is 0 Å². The molecular formula is CH3F7N4OP4. The first-order valence-electron chi connectivity index (χ1n) is 3.37. The number of rotatable bonds is 1. The van der Waals surface area contributed by atoms with E-state index in [9.17, 15) is 30.2 Å². The van der Waals surface area contributed by atoms with Crippen LogP contribution in [0.4, 0.5) is 30.2 Å². The van der Waals surface area contributed by atoms with Gasteiger partial charge in [-0.1, -0.05) is 0 Å². The highest BCUT2D eigenvalue weighted by Crippen LogP contribution is 2.80. The van der Waals surface area contributed by atoms with E-state index in [0.29, 0.717) is 7.11 Å². The van der Waals surface area contributed by atoms with Crippen LogP contribution in [0.2, 0.25) is 0 Å². The third-order valence-electron chi connectivity index (χ3n) is 1.30. The van der Waals surface area contributed by atoms with Crippen molar-refractivity contribution >= 4 is 33.3 Å². The molecule has 5 nitrogen and oxygen atoms in total. The Morgan fingerprint density at radius 2 is 1.59 bits per heavy atom. The fourth-order valence-electron chi connectivity index (χ4n) is 0.596. The van der Waals surface area contributed by atoms with Gasteiger partial charge in [0.25, 0.3) is 0 Å². The van der Waals surface area contributed by atoms with Gasteiger partial charge in [0.15, 0.2) is 0 Å². The normalized spacial score (nSPS) is 42.9. The molecule has 0 aromatic carbocycles. The summed E-state index contributed by atoms with van der Waals surface area (Å²) in [6.45, 7) is 0. The minimum Gasteiger partial charge on any atom is -0.310 e. The van der Waals surface area contributed by atoms with Gasteiger partial charge in [-0.05, 0) is 9.33 Å². The third-order valence-corrected chi connectivity index (χ3v) is 7.88. The summed E-state index contributed by atoms with van der Waals surface area (Å²) in [5.41, 5.74) is 0.